The number of benzene rings is 3. The standard InChI is InChI=1S/C24H22FN3O4/c1-16-6-2-4-8-20(16)28-22(29)14-26-24(31)19-7-3-5-9-21(19)32-15-23(30)27-18-12-10-17(25)11-13-18/h2-13H,14-15H2,1H3,(H,26,31)(H,27,30)(H,28,29). The van der Waals surface area contributed by atoms with Crippen LogP contribution in [0.3, 0.4) is 0 Å². The molecule has 0 heterocycles. The molecule has 0 saturated carbocycles. The van der Waals surface area contributed by atoms with E-state index in [1.807, 2.05) is 19.1 Å². The molecule has 3 aromatic carbocycles. The van der Waals surface area contributed by atoms with Gasteiger partial charge in [-0.15, -0.1) is 0 Å². The summed E-state index contributed by atoms with van der Waals surface area (Å²) >= 11 is 0. The van der Waals surface area contributed by atoms with Crippen LogP contribution in [0, 0.1) is 12.7 Å². The fraction of sp³-hybridized carbons (Fsp3) is 0.125. The molecular formula is C24H22FN3O4. The van der Waals surface area contributed by atoms with Gasteiger partial charge in [-0.2, -0.15) is 0 Å². The van der Waals surface area contributed by atoms with Gasteiger partial charge in [-0.05, 0) is 55.0 Å². The number of anilines is 2. The van der Waals surface area contributed by atoms with E-state index >= 15 is 0 Å². The van der Waals surface area contributed by atoms with Gasteiger partial charge in [-0.3, -0.25) is 14.4 Å². The molecule has 0 atom stereocenters. The van der Waals surface area contributed by atoms with E-state index in [4.69, 9.17) is 4.74 Å². The average molecular weight is 435 g/mol. The van der Waals surface area contributed by atoms with E-state index in [1.165, 1.54) is 30.3 Å². The molecule has 32 heavy (non-hydrogen) atoms. The molecule has 3 N–H and O–H groups in total. The molecule has 0 radical (unpaired) electrons. The lowest BCUT2D eigenvalue weighted by atomic mass is 10.2. The molecule has 0 aliphatic heterocycles. The average Bonchev–Trinajstić information content (AvgIpc) is 2.79. The fourth-order valence-corrected chi connectivity index (χ4v) is 2.82. The van der Waals surface area contributed by atoms with Gasteiger partial charge < -0.3 is 20.7 Å². The van der Waals surface area contributed by atoms with Crippen molar-refractivity contribution >= 4 is 29.1 Å². The minimum Gasteiger partial charge on any atom is -0.483 e. The molecule has 7 nitrogen and oxygen atoms in total. The van der Waals surface area contributed by atoms with Crippen molar-refractivity contribution in [3.05, 3.63) is 89.7 Å². The topological polar surface area (TPSA) is 96.5 Å². The molecule has 0 saturated heterocycles. The van der Waals surface area contributed by atoms with Crippen molar-refractivity contribution in [2.45, 2.75) is 6.92 Å². The number of carbonyl (C=O) groups excluding carboxylic acids is 3. The second kappa shape index (κ2) is 10.7. The van der Waals surface area contributed by atoms with Crippen LogP contribution in [-0.2, 0) is 9.59 Å². The van der Waals surface area contributed by atoms with Crippen molar-refractivity contribution in [2.75, 3.05) is 23.8 Å². The third-order valence-electron chi connectivity index (χ3n) is 4.45. The summed E-state index contributed by atoms with van der Waals surface area (Å²) in [7, 11) is 0. The quantitative estimate of drug-likeness (QED) is 0.504. The summed E-state index contributed by atoms with van der Waals surface area (Å²) < 4.78 is 18.4. The largest absolute Gasteiger partial charge is 0.483 e. The second-order valence-corrected chi connectivity index (χ2v) is 6.89. The maximum absolute atomic E-state index is 13.0. The van der Waals surface area contributed by atoms with Crippen LogP contribution in [0.15, 0.2) is 72.8 Å². The summed E-state index contributed by atoms with van der Waals surface area (Å²) in [6.07, 6.45) is 0. The van der Waals surface area contributed by atoms with Gasteiger partial charge in [-0.25, -0.2) is 4.39 Å². The molecule has 3 aromatic rings. The Balaban J connectivity index is 1.53. The van der Waals surface area contributed by atoms with Gasteiger partial charge in [0.1, 0.15) is 11.6 Å². The highest BCUT2D eigenvalue weighted by Crippen LogP contribution is 2.18. The zero-order valence-corrected chi connectivity index (χ0v) is 17.4. The van der Waals surface area contributed by atoms with Crippen molar-refractivity contribution in [2.24, 2.45) is 0 Å². The minimum absolute atomic E-state index is 0.186. The Morgan fingerprint density at radius 2 is 1.53 bits per heavy atom. The Hall–Kier alpha value is -4.20. The van der Waals surface area contributed by atoms with Gasteiger partial charge in [0.25, 0.3) is 11.8 Å². The zero-order chi connectivity index (χ0) is 22.9. The van der Waals surface area contributed by atoms with Gasteiger partial charge in [0.15, 0.2) is 6.61 Å². The summed E-state index contributed by atoms with van der Waals surface area (Å²) in [5.74, 6) is -1.57. The van der Waals surface area contributed by atoms with E-state index in [0.717, 1.165) is 5.56 Å². The summed E-state index contributed by atoms with van der Waals surface area (Å²) in [6, 6.07) is 19.0. The maximum Gasteiger partial charge on any atom is 0.262 e. The van der Waals surface area contributed by atoms with E-state index in [9.17, 15) is 18.8 Å². The number of ether oxygens (including phenoxy) is 1. The number of hydrogen-bond acceptors (Lipinski definition) is 4. The molecular weight excluding hydrogens is 413 g/mol. The Morgan fingerprint density at radius 1 is 0.844 bits per heavy atom. The van der Waals surface area contributed by atoms with Crippen LogP contribution in [0.5, 0.6) is 5.75 Å². The Labute approximate surface area is 184 Å². The summed E-state index contributed by atoms with van der Waals surface area (Å²) in [5, 5.41) is 7.85. The molecule has 3 amide bonds. The maximum atomic E-state index is 13.0. The summed E-state index contributed by atoms with van der Waals surface area (Å²) in [4.78, 5) is 36.8. The third kappa shape index (κ3) is 6.40. The number of rotatable bonds is 8. The molecule has 0 aromatic heterocycles. The number of aryl methyl sites for hydroxylation is 1. The van der Waals surface area contributed by atoms with Crippen molar-refractivity contribution in [3.63, 3.8) is 0 Å². The number of halogens is 1. The highest BCUT2D eigenvalue weighted by Gasteiger charge is 2.15. The normalized spacial score (nSPS) is 10.2. The lowest BCUT2D eigenvalue weighted by Crippen LogP contribution is -2.33. The van der Waals surface area contributed by atoms with Crippen LogP contribution in [0.1, 0.15) is 15.9 Å². The van der Waals surface area contributed by atoms with Gasteiger partial charge in [0.2, 0.25) is 5.91 Å². The molecule has 0 fully saturated rings. The van der Waals surface area contributed by atoms with Crippen LogP contribution < -0.4 is 20.7 Å². The first-order chi connectivity index (χ1) is 15.4. The van der Waals surface area contributed by atoms with Gasteiger partial charge in [0.05, 0.1) is 12.1 Å². The van der Waals surface area contributed by atoms with Crippen molar-refractivity contribution in [3.8, 4) is 5.75 Å². The Morgan fingerprint density at radius 3 is 2.28 bits per heavy atom. The first kappa shape index (κ1) is 22.5. The number of nitrogens with one attached hydrogen (secondary N) is 3. The van der Waals surface area contributed by atoms with Crippen LogP contribution in [0.4, 0.5) is 15.8 Å². The fourth-order valence-electron chi connectivity index (χ4n) is 2.82. The molecule has 0 bridgehead atoms. The van der Waals surface area contributed by atoms with E-state index in [0.29, 0.717) is 11.4 Å². The van der Waals surface area contributed by atoms with Crippen molar-refractivity contribution in [1.29, 1.82) is 0 Å². The number of amides is 3. The number of carbonyl (C=O) groups is 3. The van der Waals surface area contributed by atoms with Gasteiger partial charge in [0, 0.05) is 11.4 Å². The van der Waals surface area contributed by atoms with E-state index in [1.54, 1.807) is 30.3 Å². The first-order valence-corrected chi connectivity index (χ1v) is 9.83. The van der Waals surface area contributed by atoms with Crippen LogP contribution in [0.2, 0.25) is 0 Å². The molecule has 0 aliphatic carbocycles. The van der Waals surface area contributed by atoms with Crippen LogP contribution in [0.25, 0.3) is 0 Å². The molecule has 164 valence electrons. The molecule has 0 spiro atoms. The van der Waals surface area contributed by atoms with E-state index in [-0.39, 0.29) is 30.4 Å². The predicted octanol–water partition coefficient (Wildman–Crippen LogP) is 3.52. The summed E-state index contributed by atoms with van der Waals surface area (Å²) in [6.45, 7) is 1.29. The zero-order valence-electron chi connectivity index (χ0n) is 17.4. The minimum atomic E-state index is -0.514. The lowest BCUT2D eigenvalue weighted by molar-refractivity contribution is -0.118. The predicted molar refractivity (Wildman–Crippen MR) is 119 cm³/mol. The second-order valence-electron chi connectivity index (χ2n) is 6.89. The monoisotopic (exact) mass is 435 g/mol. The Kier molecular flexibility index (Phi) is 7.53. The molecule has 3 rings (SSSR count). The van der Waals surface area contributed by atoms with Gasteiger partial charge in [-0.1, -0.05) is 30.3 Å². The third-order valence-corrected chi connectivity index (χ3v) is 4.45. The number of para-hydroxylation sites is 2. The van der Waals surface area contributed by atoms with Gasteiger partial charge >= 0.3 is 0 Å². The smallest absolute Gasteiger partial charge is 0.262 e. The summed E-state index contributed by atoms with van der Waals surface area (Å²) in [5.41, 5.74) is 2.18. The molecule has 8 heteroatoms. The van der Waals surface area contributed by atoms with Crippen LogP contribution >= 0.6 is 0 Å². The SMILES string of the molecule is Cc1ccccc1NC(=O)CNC(=O)c1ccccc1OCC(=O)Nc1ccc(F)cc1. The number of hydrogen-bond donors (Lipinski definition) is 3. The van der Waals surface area contributed by atoms with E-state index in [2.05, 4.69) is 16.0 Å². The lowest BCUT2D eigenvalue weighted by Gasteiger charge is -2.12. The van der Waals surface area contributed by atoms with Crippen LogP contribution in [-0.4, -0.2) is 30.9 Å². The highest BCUT2D eigenvalue weighted by atomic mass is 19.1. The molecule has 0 aliphatic rings. The van der Waals surface area contributed by atoms with Crippen molar-refractivity contribution < 1.29 is 23.5 Å². The Bertz CT molecular complexity index is 1120. The highest BCUT2D eigenvalue weighted by molar-refractivity contribution is 6.01. The first-order valence-electron chi connectivity index (χ1n) is 9.83. The van der Waals surface area contributed by atoms with Crippen molar-refractivity contribution in [1.82, 2.24) is 5.32 Å². The molecule has 0 unspecified atom stereocenters. The van der Waals surface area contributed by atoms with E-state index < -0.39 is 17.6 Å².